The second-order valence-corrected chi connectivity index (χ2v) is 13.4. The van der Waals surface area contributed by atoms with Crippen molar-refractivity contribution in [3.63, 3.8) is 0 Å². The Morgan fingerprint density at radius 2 is 1.53 bits per heavy atom. The Kier molecular flexibility index (Phi) is 11.8. The topological polar surface area (TPSA) is 86.8 Å². The number of thioether (sulfide) groups is 1. The third-order valence-corrected chi connectivity index (χ3v) is 9.90. The zero-order valence-electron chi connectivity index (χ0n) is 25.6. The molecule has 4 rings (SSSR count). The third-order valence-electron chi connectivity index (χ3n) is 7.37. The number of carbonyl (C=O) groups is 2. The number of hydrogen-bond donors (Lipinski definition) is 1. The molecule has 0 aromatic heterocycles. The minimum Gasteiger partial charge on any atom is -0.354 e. The molecule has 0 fully saturated rings. The van der Waals surface area contributed by atoms with Crippen molar-refractivity contribution in [3.8, 4) is 0 Å². The van der Waals surface area contributed by atoms with Gasteiger partial charge in [0.05, 0.1) is 10.6 Å². The van der Waals surface area contributed by atoms with Gasteiger partial charge in [-0.1, -0.05) is 73.2 Å². The Morgan fingerprint density at radius 3 is 2.16 bits per heavy atom. The number of nitrogens with one attached hydrogen (secondary N) is 1. The first kappa shape index (κ1) is 33.7. The molecule has 10 heteroatoms. The molecule has 0 heterocycles. The van der Waals surface area contributed by atoms with E-state index in [0.717, 1.165) is 20.3 Å². The lowest BCUT2D eigenvalue weighted by atomic mass is 10.0. The van der Waals surface area contributed by atoms with E-state index in [1.165, 1.54) is 34.9 Å². The van der Waals surface area contributed by atoms with Crippen LogP contribution in [0.15, 0.2) is 113 Å². The number of sulfonamides is 1. The van der Waals surface area contributed by atoms with Crippen LogP contribution in [0, 0.1) is 12.7 Å². The summed E-state index contributed by atoms with van der Waals surface area (Å²) in [5.74, 6) is -1.57. The molecule has 1 N–H and O–H groups in total. The van der Waals surface area contributed by atoms with Gasteiger partial charge < -0.3 is 10.2 Å². The third kappa shape index (κ3) is 8.73. The van der Waals surface area contributed by atoms with E-state index >= 15 is 0 Å². The van der Waals surface area contributed by atoms with Crippen LogP contribution in [0.5, 0.6) is 0 Å². The van der Waals surface area contributed by atoms with Crippen LogP contribution in [0.1, 0.15) is 30.0 Å². The van der Waals surface area contributed by atoms with Crippen LogP contribution >= 0.6 is 11.8 Å². The summed E-state index contributed by atoms with van der Waals surface area (Å²) < 4.78 is 44.3. The van der Waals surface area contributed by atoms with Gasteiger partial charge in [0, 0.05) is 30.0 Å². The summed E-state index contributed by atoms with van der Waals surface area (Å²) in [7, 11) is -4.22. The number of benzene rings is 4. The lowest BCUT2D eigenvalue weighted by Gasteiger charge is -2.34. The highest BCUT2D eigenvalue weighted by Crippen LogP contribution is 2.27. The van der Waals surface area contributed by atoms with E-state index in [2.05, 4.69) is 5.32 Å². The van der Waals surface area contributed by atoms with Crippen molar-refractivity contribution in [2.75, 3.05) is 23.7 Å². The van der Waals surface area contributed by atoms with E-state index in [0.29, 0.717) is 18.7 Å². The van der Waals surface area contributed by atoms with Gasteiger partial charge in [0.1, 0.15) is 18.4 Å². The van der Waals surface area contributed by atoms with Gasteiger partial charge in [-0.05, 0) is 67.6 Å². The standard InChI is InChI=1S/C35H38FN3O4S2/c1-4-22-37-35(41)33(23-27-10-6-5-7-11-27)38(24-28-12-8-9-13-32(28)36)34(40)25-39(29-16-14-26(2)15-17-29)45(42,43)31-20-18-30(44-3)19-21-31/h5-21,33H,4,22-25H2,1-3H3,(H,37,41)/t33-/m0/s1. The maximum absolute atomic E-state index is 15.0. The van der Waals surface area contributed by atoms with Crippen LogP contribution in [0.2, 0.25) is 0 Å². The van der Waals surface area contributed by atoms with Gasteiger partial charge in [-0.3, -0.25) is 13.9 Å². The lowest BCUT2D eigenvalue weighted by Crippen LogP contribution is -2.53. The van der Waals surface area contributed by atoms with Crippen molar-refractivity contribution in [1.29, 1.82) is 0 Å². The number of nitrogens with zero attached hydrogens (tertiary/aromatic N) is 2. The highest BCUT2D eigenvalue weighted by atomic mass is 32.2. The molecule has 4 aromatic carbocycles. The van der Waals surface area contributed by atoms with E-state index in [1.807, 2.05) is 50.4 Å². The van der Waals surface area contributed by atoms with E-state index in [4.69, 9.17) is 0 Å². The van der Waals surface area contributed by atoms with Crippen LogP contribution in [0.4, 0.5) is 10.1 Å². The molecule has 0 radical (unpaired) electrons. The SMILES string of the molecule is CCCNC(=O)[C@H](Cc1ccccc1)N(Cc1ccccc1F)C(=O)CN(c1ccc(C)cc1)S(=O)(=O)c1ccc(SC)cc1. The Labute approximate surface area is 269 Å². The van der Waals surface area contributed by atoms with Crippen molar-refractivity contribution in [1.82, 2.24) is 10.2 Å². The summed E-state index contributed by atoms with van der Waals surface area (Å²) >= 11 is 1.49. The Hall–Kier alpha value is -4.15. The summed E-state index contributed by atoms with van der Waals surface area (Å²) in [6.07, 6.45) is 2.73. The average Bonchev–Trinajstić information content (AvgIpc) is 3.05. The van der Waals surface area contributed by atoms with Gasteiger partial charge in [-0.25, -0.2) is 12.8 Å². The molecule has 45 heavy (non-hydrogen) atoms. The molecule has 0 spiro atoms. The number of halogens is 1. The lowest BCUT2D eigenvalue weighted by molar-refractivity contribution is -0.140. The van der Waals surface area contributed by atoms with Gasteiger partial charge in [-0.2, -0.15) is 0 Å². The van der Waals surface area contributed by atoms with Crippen molar-refractivity contribution in [2.45, 2.75) is 49.1 Å². The minimum atomic E-state index is -4.22. The molecule has 0 bridgehead atoms. The summed E-state index contributed by atoms with van der Waals surface area (Å²) in [6, 6.07) is 27.6. The molecule has 0 saturated heterocycles. The average molecular weight is 648 g/mol. The smallest absolute Gasteiger partial charge is 0.264 e. The predicted molar refractivity (Wildman–Crippen MR) is 178 cm³/mol. The zero-order valence-corrected chi connectivity index (χ0v) is 27.3. The van der Waals surface area contributed by atoms with Gasteiger partial charge in [0.25, 0.3) is 10.0 Å². The number of anilines is 1. The fourth-order valence-electron chi connectivity index (χ4n) is 4.84. The molecule has 236 valence electrons. The molecule has 0 aliphatic carbocycles. The minimum absolute atomic E-state index is 0.0239. The summed E-state index contributed by atoms with van der Waals surface area (Å²) in [5, 5.41) is 2.89. The highest BCUT2D eigenvalue weighted by molar-refractivity contribution is 7.98. The van der Waals surface area contributed by atoms with Gasteiger partial charge in [-0.15, -0.1) is 11.8 Å². The second kappa shape index (κ2) is 15.7. The molecule has 0 unspecified atom stereocenters. The molecule has 1 atom stereocenters. The van der Waals surface area contributed by atoms with Crippen LogP contribution in [-0.2, 0) is 32.6 Å². The van der Waals surface area contributed by atoms with Crippen LogP contribution in [0.3, 0.4) is 0 Å². The second-order valence-electron chi connectivity index (χ2n) is 10.6. The van der Waals surface area contributed by atoms with E-state index in [9.17, 15) is 22.4 Å². The van der Waals surface area contributed by atoms with Crippen molar-refractivity contribution in [2.24, 2.45) is 0 Å². The normalized spacial score (nSPS) is 11.9. The molecule has 0 aliphatic rings. The van der Waals surface area contributed by atoms with Crippen LogP contribution in [-0.4, -0.2) is 50.5 Å². The molecular weight excluding hydrogens is 610 g/mol. The van der Waals surface area contributed by atoms with Crippen molar-refractivity contribution >= 4 is 39.3 Å². The highest BCUT2D eigenvalue weighted by Gasteiger charge is 2.35. The maximum atomic E-state index is 15.0. The van der Waals surface area contributed by atoms with Gasteiger partial charge >= 0.3 is 0 Å². The zero-order chi connectivity index (χ0) is 32.4. The Balaban J connectivity index is 1.80. The molecule has 4 aromatic rings. The van der Waals surface area contributed by atoms with Gasteiger partial charge in [0.15, 0.2) is 0 Å². The predicted octanol–water partition coefficient (Wildman–Crippen LogP) is 6.22. The maximum Gasteiger partial charge on any atom is 0.264 e. The largest absolute Gasteiger partial charge is 0.354 e. The summed E-state index contributed by atoms with van der Waals surface area (Å²) in [6.45, 7) is 3.37. The fraction of sp³-hybridized carbons (Fsp3) is 0.257. The van der Waals surface area contributed by atoms with E-state index in [-0.39, 0.29) is 23.4 Å². The van der Waals surface area contributed by atoms with Crippen molar-refractivity contribution < 1.29 is 22.4 Å². The van der Waals surface area contributed by atoms with E-state index < -0.39 is 40.2 Å². The molecule has 0 saturated carbocycles. The van der Waals surface area contributed by atoms with Crippen LogP contribution in [0.25, 0.3) is 0 Å². The Bertz CT molecular complexity index is 1680. The fourth-order valence-corrected chi connectivity index (χ4v) is 6.67. The van der Waals surface area contributed by atoms with E-state index in [1.54, 1.807) is 54.6 Å². The summed E-state index contributed by atoms with van der Waals surface area (Å²) in [5.41, 5.74) is 2.23. The number of hydrogen-bond acceptors (Lipinski definition) is 5. The molecule has 0 aliphatic heterocycles. The quantitative estimate of drug-likeness (QED) is 0.164. The number of amides is 2. The van der Waals surface area contributed by atoms with Crippen molar-refractivity contribution in [3.05, 3.63) is 126 Å². The molecular formula is C35H38FN3O4S2. The Morgan fingerprint density at radius 1 is 0.889 bits per heavy atom. The van der Waals surface area contributed by atoms with Crippen LogP contribution < -0.4 is 9.62 Å². The monoisotopic (exact) mass is 647 g/mol. The number of aryl methyl sites for hydroxylation is 1. The number of carbonyl (C=O) groups excluding carboxylic acids is 2. The summed E-state index contributed by atoms with van der Waals surface area (Å²) in [4.78, 5) is 30.3. The first-order chi connectivity index (χ1) is 21.6. The first-order valence-corrected chi connectivity index (χ1v) is 17.4. The first-order valence-electron chi connectivity index (χ1n) is 14.7. The molecule has 2 amide bonds. The number of rotatable bonds is 14. The van der Waals surface area contributed by atoms with Gasteiger partial charge in [0.2, 0.25) is 11.8 Å². The molecule has 7 nitrogen and oxygen atoms in total.